The summed E-state index contributed by atoms with van der Waals surface area (Å²) >= 11 is 5.86. The maximum Gasteiger partial charge on any atom is 0.339 e. The quantitative estimate of drug-likeness (QED) is 0.457. The molecule has 31 heavy (non-hydrogen) atoms. The second kappa shape index (κ2) is 9.36. The van der Waals surface area contributed by atoms with Crippen molar-refractivity contribution in [1.29, 1.82) is 0 Å². The smallest absolute Gasteiger partial charge is 0.339 e. The van der Waals surface area contributed by atoms with Gasteiger partial charge < -0.3 is 10.1 Å². The highest BCUT2D eigenvalue weighted by molar-refractivity contribution is 6.30. The van der Waals surface area contributed by atoms with E-state index < -0.39 is 11.9 Å². The lowest BCUT2D eigenvalue weighted by atomic mass is 10.0. The van der Waals surface area contributed by atoms with E-state index in [-0.39, 0.29) is 6.61 Å². The molecule has 0 saturated heterocycles. The third-order valence-electron chi connectivity index (χ3n) is 4.65. The number of rotatable bonds is 6. The highest BCUT2D eigenvalue weighted by atomic mass is 35.5. The minimum atomic E-state index is -0.587. The molecule has 0 spiro atoms. The van der Waals surface area contributed by atoms with Gasteiger partial charge in [-0.1, -0.05) is 41.9 Å². The Bertz CT molecular complexity index is 1230. The molecule has 6 nitrogen and oxygen atoms in total. The van der Waals surface area contributed by atoms with Crippen molar-refractivity contribution in [3.8, 4) is 11.3 Å². The van der Waals surface area contributed by atoms with Crippen LogP contribution in [-0.2, 0) is 16.1 Å². The van der Waals surface area contributed by atoms with Crippen molar-refractivity contribution >= 4 is 34.4 Å². The molecule has 4 aromatic rings. The third-order valence-corrected chi connectivity index (χ3v) is 4.90. The normalized spacial score (nSPS) is 10.6. The van der Waals surface area contributed by atoms with Crippen LogP contribution in [0.2, 0.25) is 5.02 Å². The zero-order chi connectivity index (χ0) is 21.6. The molecule has 0 aliphatic heterocycles. The van der Waals surface area contributed by atoms with Gasteiger partial charge in [0.15, 0.2) is 6.61 Å². The van der Waals surface area contributed by atoms with Gasteiger partial charge in [-0.2, -0.15) is 0 Å². The largest absolute Gasteiger partial charge is 0.452 e. The molecule has 1 amide bonds. The van der Waals surface area contributed by atoms with Gasteiger partial charge in [0.05, 0.1) is 16.8 Å². The Morgan fingerprint density at radius 2 is 1.71 bits per heavy atom. The van der Waals surface area contributed by atoms with E-state index in [0.717, 1.165) is 11.1 Å². The van der Waals surface area contributed by atoms with Crippen LogP contribution in [0.25, 0.3) is 22.2 Å². The van der Waals surface area contributed by atoms with Crippen molar-refractivity contribution in [3.63, 3.8) is 0 Å². The van der Waals surface area contributed by atoms with Gasteiger partial charge in [0.1, 0.15) is 0 Å². The van der Waals surface area contributed by atoms with E-state index in [4.69, 9.17) is 16.3 Å². The molecule has 2 aromatic heterocycles. The fraction of sp³-hybridized carbons (Fsp3) is 0.0833. The van der Waals surface area contributed by atoms with E-state index in [1.165, 1.54) is 0 Å². The number of para-hydroxylation sites is 1. The standard InChI is InChI=1S/C24H18ClN3O3/c25-18-7-5-16(6-8-18)14-27-23(29)15-31-24(30)20-13-22(17-9-11-26-12-10-17)28-21-4-2-1-3-19(20)21/h1-13H,14-15H2,(H,27,29). The van der Waals surface area contributed by atoms with E-state index in [1.54, 1.807) is 36.7 Å². The molecule has 154 valence electrons. The van der Waals surface area contributed by atoms with Crippen molar-refractivity contribution in [1.82, 2.24) is 15.3 Å². The number of hydrogen-bond acceptors (Lipinski definition) is 5. The molecule has 0 aliphatic carbocycles. The van der Waals surface area contributed by atoms with Gasteiger partial charge in [-0.05, 0) is 42.0 Å². The minimum absolute atomic E-state index is 0.317. The molecule has 1 N–H and O–H groups in total. The van der Waals surface area contributed by atoms with Crippen LogP contribution in [0.4, 0.5) is 0 Å². The van der Waals surface area contributed by atoms with Gasteiger partial charge in [-0.3, -0.25) is 9.78 Å². The number of carbonyl (C=O) groups excluding carboxylic acids is 2. The van der Waals surface area contributed by atoms with Gasteiger partial charge in [0, 0.05) is 34.9 Å². The highest BCUT2D eigenvalue weighted by Gasteiger charge is 2.16. The summed E-state index contributed by atoms with van der Waals surface area (Å²) in [7, 11) is 0. The first-order valence-electron chi connectivity index (χ1n) is 9.58. The van der Waals surface area contributed by atoms with Crippen LogP contribution in [0.3, 0.4) is 0 Å². The lowest BCUT2D eigenvalue weighted by molar-refractivity contribution is -0.124. The van der Waals surface area contributed by atoms with Crippen LogP contribution in [-0.4, -0.2) is 28.5 Å². The number of benzene rings is 2. The summed E-state index contributed by atoms with van der Waals surface area (Å²) in [6.07, 6.45) is 3.32. The Morgan fingerprint density at radius 3 is 2.48 bits per heavy atom. The minimum Gasteiger partial charge on any atom is -0.452 e. The number of esters is 1. The van der Waals surface area contributed by atoms with Crippen LogP contribution >= 0.6 is 11.6 Å². The van der Waals surface area contributed by atoms with Crippen LogP contribution in [0.1, 0.15) is 15.9 Å². The fourth-order valence-corrected chi connectivity index (χ4v) is 3.20. The average molecular weight is 432 g/mol. The number of nitrogens with zero attached hydrogens (tertiary/aromatic N) is 2. The van der Waals surface area contributed by atoms with Crippen molar-refractivity contribution in [2.75, 3.05) is 6.61 Å². The molecule has 0 atom stereocenters. The lowest BCUT2D eigenvalue weighted by Crippen LogP contribution is -2.28. The number of ether oxygens (including phenoxy) is 1. The van der Waals surface area contributed by atoms with Crippen molar-refractivity contribution in [3.05, 3.63) is 95.3 Å². The number of pyridine rings is 2. The summed E-state index contributed by atoms with van der Waals surface area (Å²) in [5.74, 6) is -0.980. The Hall–Kier alpha value is -3.77. The molecular weight excluding hydrogens is 414 g/mol. The molecule has 0 unspecified atom stereocenters. The van der Waals surface area contributed by atoms with Crippen LogP contribution in [0.15, 0.2) is 79.1 Å². The predicted molar refractivity (Wildman–Crippen MR) is 119 cm³/mol. The summed E-state index contributed by atoms with van der Waals surface area (Å²) in [5, 5.41) is 4.00. The average Bonchev–Trinajstić information content (AvgIpc) is 2.82. The second-order valence-corrected chi connectivity index (χ2v) is 7.22. The number of amides is 1. The second-order valence-electron chi connectivity index (χ2n) is 6.79. The van der Waals surface area contributed by atoms with E-state index in [0.29, 0.717) is 33.7 Å². The summed E-state index contributed by atoms with van der Waals surface area (Å²) < 4.78 is 5.28. The maximum absolute atomic E-state index is 12.8. The van der Waals surface area contributed by atoms with E-state index in [9.17, 15) is 9.59 Å². The number of carbonyl (C=O) groups is 2. The number of hydrogen-bond donors (Lipinski definition) is 1. The van der Waals surface area contributed by atoms with Crippen molar-refractivity contribution < 1.29 is 14.3 Å². The Balaban J connectivity index is 1.48. The van der Waals surface area contributed by atoms with Gasteiger partial charge >= 0.3 is 5.97 Å². The summed E-state index contributed by atoms with van der Waals surface area (Å²) in [6, 6.07) is 19.7. The molecule has 2 heterocycles. The summed E-state index contributed by atoms with van der Waals surface area (Å²) in [6.45, 7) is -0.0639. The first kappa shape index (κ1) is 20.5. The van der Waals surface area contributed by atoms with E-state index in [2.05, 4.69) is 15.3 Å². The van der Waals surface area contributed by atoms with Crippen LogP contribution in [0.5, 0.6) is 0 Å². The Morgan fingerprint density at radius 1 is 0.968 bits per heavy atom. The molecular formula is C24H18ClN3O3. The number of nitrogens with one attached hydrogen (secondary N) is 1. The first-order chi connectivity index (χ1) is 15.1. The summed E-state index contributed by atoms with van der Waals surface area (Å²) in [4.78, 5) is 33.6. The zero-order valence-electron chi connectivity index (χ0n) is 16.4. The van der Waals surface area contributed by atoms with Gasteiger partial charge in [0.25, 0.3) is 5.91 Å². The topological polar surface area (TPSA) is 81.2 Å². The van der Waals surface area contributed by atoms with E-state index in [1.807, 2.05) is 42.5 Å². The number of halogens is 1. The maximum atomic E-state index is 12.8. The predicted octanol–water partition coefficient (Wildman–Crippen LogP) is 4.42. The van der Waals surface area contributed by atoms with Gasteiger partial charge in [-0.25, -0.2) is 9.78 Å². The zero-order valence-corrected chi connectivity index (χ0v) is 17.2. The molecule has 0 fully saturated rings. The molecule has 2 aromatic carbocycles. The van der Waals surface area contributed by atoms with Gasteiger partial charge in [-0.15, -0.1) is 0 Å². The van der Waals surface area contributed by atoms with Gasteiger partial charge in [0.2, 0.25) is 0 Å². The number of fused-ring (bicyclic) bond motifs is 1. The third kappa shape index (κ3) is 5.05. The molecule has 7 heteroatoms. The molecule has 0 aliphatic rings. The molecule has 0 bridgehead atoms. The van der Waals surface area contributed by atoms with Crippen molar-refractivity contribution in [2.45, 2.75) is 6.54 Å². The van der Waals surface area contributed by atoms with Crippen molar-refractivity contribution in [2.24, 2.45) is 0 Å². The lowest BCUT2D eigenvalue weighted by Gasteiger charge is -2.10. The van der Waals surface area contributed by atoms with E-state index >= 15 is 0 Å². The Labute approximate surface area is 183 Å². The van der Waals surface area contributed by atoms with Crippen LogP contribution < -0.4 is 5.32 Å². The molecule has 4 rings (SSSR count). The first-order valence-corrected chi connectivity index (χ1v) is 9.96. The monoisotopic (exact) mass is 431 g/mol. The molecule has 0 radical (unpaired) electrons. The molecule has 0 saturated carbocycles. The SMILES string of the molecule is O=C(COC(=O)c1cc(-c2ccncc2)nc2ccccc12)NCc1ccc(Cl)cc1. The Kier molecular flexibility index (Phi) is 6.19. The number of aromatic nitrogens is 2. The fourth-order valence-electron chi connectivity index (χ4n) is 3.08. The highest BCUT2D eigenvalue weighted by Crippen LogP contribution is 2.25. The van der Waals surface area contributed by atoms with Crippen LogP contribution in [0, 0.1) is 0 Å². The summed E-state index contributed by atoms with van der Waals surface area (Å²) in [5.41, 5.74) is 3.36.